The van der Waals surface area contributed by atoms with E-state index < -0.39 is 5.97 Å². The zero-order valence-electron chi connectivity index (χ0n) is 16.4. The predicted octanol–water partition coefficient (Wildman–Crippen LogP) is 2.55. The summed E-state index contributed by atoms with van der Waals surface area (Å²) in [6.07, 6.45) is 5.16. The van der Waals surface area contributed by atoms with E-state index in [1.807, 2.05) is 0 Å². The summed E-state index contributed by atoms with van der Waals surface area (Å²) in [7, 11) is 1.57. The molecule has 1 aromatic carbocycles. The minimum Gasteiger partial charge on any atom is -0.494 e. The molecule has 0 spiro atoms. The van der Waals surface area contributed by atoms with Crippen LogP contribution in [0.2, 0.25) is 0 Å². The number of anilines is 3. The second-order valence-electron chi connectivity index (χ2n) is 7.07. The first kappa shape index (κ1) is 20.0. The van der Waals surface area contributed by atoms with Crippen molar-refractivity contribution in [1.29, 1.82) is 5.41 Å². The van der Waals surface area contributed by atoms with Crippen molar-refractivity contribution in [1.82, 2.24) is 15.3 Å². The lowest BCUT2D eigenvalue weighted by molar-refractivity contribution is -0.136. The molecule has 0 fully saturated rings. The second kappa shape index (κ2) is 8.25. The molecule has 6 N–H and O–H groups in total. The lowest BCUT2D eigenvalue weighted by Gasteiger charge is -2.23. The predicted molar refractivity (Wildman–Crippen MR) is 117 cm³/mol. The largest absolute Gasteiger partial charge is 0.494 e. The van der Waals surface area contributed by atoms with Gasteiger partial charge in [-0.25, -0.2) is 9.97 Å². The third-order valence-electron chi connectivity index (χ3n) is 5.20. The number of ether oxygens (including phenoxy) is 1. The molecule has 1 aliphatic rings. The highest BCUT2D eigenvalue weighted by Gasteiger charge is 2.25. The van der Waals surface area contributed by atoms with Crippen molar-refractivity contribution in [3.05, 3.63) is 34.5 Å². The summed E-state index contributed by atoms with van der Waals surface area (Å²) < 4.78 is 5.45. The van der Waals surface area contributed by atoms with Crippen LogP contribution in [0.5, 0.6) is 5.75 Å². The average Bonchev–Trinajstić information content (AvgIpc) is 3.11. The van der Waals surface area contributed by atoms with Crippen molar-refractivity contribution < 1.29 is 14.6 Å². The molecule has 10 heteroatoms. The molecule has 30 heavy (non-hydrogen) atoms. The van der Waals surface area contributed by atoms with Crippen LogP contribution in [-0.2, 0) is 17.6 Å². The molecule has 4 rings (SSSR count). The van der Waals surface area contributed by atoms with E-state index in [9.17, 15) is 4.79 Å². The highest BCUT2D eigenvalue weighted by molar-refractivity contribution is 7.19. The summed E-state index contributed by atoms with van der Waals surface area (Å²) >= 11 is 1.62. The number of carboxylic acid groups (broad SMARTS) is 1. The van der Waals surface area contributed by atoms with Crippen molar-refractivity contribution >= 4 is 50.9 Å². The third-order valence-corrected chi connectivity index (χ3v) is 6.36. The van der Waals surface area contributed by atoms with Gasteiger partial charge in [0.2, 0.25) is 0 Å². The van der Waals surface area contributed by atoms with Crippen molar-refractivity contribution in [2.24, 2.45) is 0 Å². The van der Waals surface area contributed by atoms with E-state index in [0.29, 0.717) is 28.5 Å². The first-order valence-corrected chi connectivity index (χ1v) is 10.3. The minimum absolute atomic E-state index is 0.0379. The van der Waals surface area contributed by atoms with Crippen molar-refractivity contribution in [3.8, 4) is 5.75 Å². The molecule has 2 heterocycles. The molecule has 1 atom stereocenters. The Kier molecular flexibility index (Phi) is 5.51. The van der Waals surface area contributed by atoms with Gasteiger partial charge in [0.15, 0.2) is 0 Å². The van der Waals surface area contributed by atoms with Crippen LogP contribution in [0.25, 0.3) is 10.2 Å². The SMILES string of the molecule is COc1cc(N)c(C=N)cc1Nc1ncnc2sc3c(c12)CCC(NCC(=O)O)C3. The fourth-order valence-corrected chi connectivity index (χ4v) is 5.01. The van der Waals surface area contributed by atoms with E-state index in [4.69, 9.17) is 21.0 Å². The topological polar surface area (TPSA) is 146 Å². The smallest absolute Gasteiger partial charge is 0.317 e. The van der Waals surface area contributed by atoms with E-state index in [-0.39, 0.29) is 12.6 Å². The number of carboxylic acids is 1. The zero-order chi connectivity index (χ0) is 21.3. The Morgan fingerprint density at radius 2 is 2.30 bits per heavy atom. The monoisotopic (exact) mass is 426 g/mol. The van der Waals surface area contributed by atoms with Crippen LogP contribution < -0.4 is 21.1 Å². The molecule has 156 valence electrons. The maximum atomic E-state index is 10.8. The maximum absolute atomic E-state index is 10.8. The Hall–Kier alpha value is -3.24. The van der Waals surface area contributed by atoms with Crippen LogP contribution >= 0.6 is 11.3 Å². The molecule has 0 radical (unpaired) electrons. The molecule has 9 nitrogen and oxygen atoms in total. The van der Waals surface area contributed by atoms with Crippen LogP contribution in [0.4, 0.5) is 17.2 Å². The van der Waals surface area contributed by atoms with Crippen molar-refractivity contribution in [2.75, 3.05) is 24.7 Å². The van der Waals surface area contributed by atoms with E-state index in [1.54, 1.807) is 30.6 Å². The van der Waals surface area contributed by atoms with Crippen molar-refractivity contribution in [3.63, 3.8) is 0 Å². The quantitative estimate of drug-likeness (QED) is 0.286. The number of fused-ring (bicyclic) bond motifs is 3. The minimum atomic E-state index is -0.851. The van der Waals surface area contributed by atoms with Crippen LogP contribution in [-0.4, -0.2) is 47.0 Å². The number of methoxy groups -OCH3 is 1. The molecular weight excluding hydrogens is 404 g/mol. The van der Waals surface area contributed by atoms with Crippen molar-refractivity contribution in [2.45, 2.75) is 25.3 Å². The first-order chi connectivity index (χ1) is 14.5. The standard InChI is InChI=1S/C20H22N6O3S/c1-29-15-6-13(22)10(7-21)4-14(15)26-19-18-12-3-2-11(23-8-17(27)28)5-16(12)30-20(18)25-9-24-19/h4,6-7,9,11,21,23H,2-3,5,8,22H2,1H3,(H,27,28)(H,24,25,26). The number of hydrogen-bond acceptors (Lipinski definition) is 9. The number of thiophene rings is 1. The fraction of sp³-hybridized carbons (Fsp3) is 0.300. The number of aliphatic carboxylic acids is 1. The number of nitrogens with two attached hydrogens (primary N) is 1. The number of aryl methyl sites for hydroxylation is 1. The first-order valence-electron chi connectivity index (χ1n) is 9.45. The number of rotatable bonds is 7. The Labute approximate surface area is 176 Å². The number of nitrogen functional groups attached to an aromatic ring is 1. The number of nitrogens with zero attached hydrogens (tertiary/aromatic N) is 2. The third kappa shape index (κ3) is 3.79. The molecule has 1 unspecified atom stereocenters. The number of benzene rings is 1. The zero-order valence-corrected chi connectivity index (χ0v) is 17.2. The van der Waals surface area contributed by atoms with Gasteiger partial charge in [0.05, 0.1) is 24.7 Å². The van der Waals surface area contributed by atoms with Crippen LogP contribution in [0.3, 0.4) is 0 Å². The van der Waals surface area contributed by atoms with Gasteiger partial charge in [-0.3, -0.25) is 4.79 Å². The van der Waals surface area contributed by atoms with Gasteiger partial charge >= 0.3 is 5.97 Å². The normalized spacial score (nSPS) is 15.6. The summed E-state index contributed by atoms with van der Waals surface area (Å²) in [5.41, 5.74) is 8.89. The molecule has 0 saturated carbocycles. The Bertz CT molecular complexity index is 1130. The van der Waals surface area contributed by atoms with Gasteiger partial charge in [-0.05, 0) is 30.9 Å². The van der Waals surface area contributed by atoms with Crippen LogP contribution in [0, 0.1) is 5.41 Å². The van der Waals surface area contributed by atoms with E-state index in [2.05, 4.69) is 20.6 Å². The highest BCUT2D eigenvalue weighted by Crippen LogP contribution is 2.40. The van der Waals surface area contributed by atoms with Gasteiger partial charge < -0.3 is 31.6 Å². The molecule has 1 aliphatic carbocycles. The van der Waals surface area contributed by atoms with Gasteiger partial charge in [-0.1, -0.05) is 0 Å². The molecule has 3 aromatic rings. The number of carbonyl (C=O) groups is 1. The molecule has 2 aromatic heterocycles. The highest BCUT2D eigenvalue weighted by atomic mass is 32.1. The lowest BCUT2D eigenvalue weighted by atomic mass is 9.93. The Balaban J connectivity index is 1.69. The van der Waals surface area contributed by atoms with Gasteiger partial charge in [0.25, 0.3) is 0 Å². The molecule has 0 saturated heterocycles. The molecule has 0 amide bonds. The summed E-state index contributed by atoms with van der Waals surface area (Å²) in [5, 5.41) is 23.9. The molecule has 0 bridgehead atoms. The fourth-order valence-electron chi connectivity index (χ4n) is 3.74. The van der Waals surface area contributed by atoms with Crippen LogP contribution in [0.1, 0.15) is 22.4 Å². The average molecular weight is 427 g/mol. The van der Waals surface area contributed by atoms with Gasteiger partial charge in [0, 0.05) is 34.5 Å². The molecule has 0 aliphatic heterocycles. The number of aromatic nitrogens is 2. The van der Waals surface area contributed by atoms with Crippen LogP contribution in [0.15, 0.2) is 18.5 Å². The maximum Gasteiger partial charge on any atom is 0.317 e. The number of nitrogens with one attached hydrogen (secondary N) is 3. The summed E-state index contributed by atoms with van der Waals surface area (Å²) in [6, 6.07) is 3.58. The van der Waals surface area contributed by atoms with E-state index >= 15 is 0 Å². The summed E-state index contributed by atoms with van der Waals surface area (Å²) in [4.78, 5) is 21.8. The van der Waals surface area contributed by atoms with Gasteiger partial charge in [-0.2, -0.15) is 0 Å². The van der Waals surface area contributed by atoms with Gasteiger partial charge in [0.1, 0.15) is 22.7 Å². The second-order valence-corrected chi connectivity index (χ2v) is 8.15. The van der Waals surface area contributed by atoms with E-state index in [1.165, 1.54) is 23.0 Å². The number of hydrogen-bond donors (Lipinski definition) is 5. The molecular formula is C20H22N6O3S. The Morgan fingerprint density at radius 1 is 1.47 bits per heavy atom. The summed E-state index contributed by atoms with van der Waals surface area (Å²) in [5.74, 6) is 0.386. The van der Waals surface area contributed by atoms with E-state index in [0.717, 1.165) is 29.5 Å². The lowest BCUT2D eigenvalue weighted by Crippen LogP contribution is -2.37. The summed E-state index contributed by atoms with van der Waals surface area (Å²) in [6.45, 7) is -0.0379. The van der Waals surface area contributed by atoms with Gasteiger partial charge in [-0.15, -0.1) is 11.3 Å². The Morgan fingerprint density at radius 3 is 3.03 bits per heavy atom.